The number of aromatic nitrogens is 2. The summed E-state index contributed by atoms with van der Waals surface area (Å²) in [5.41, 5.74) is 2.28. The normalized spacial score (nSPS) is 9.19. The van der Waals surface area contributed by atoms with Gasteiger partial charge in [0.1, 0.15) is 9.84 Å². The maximum absolute atomic E-state index is 9.93. The van der Waals surface area contributed by atoms with Crippen molar-refractivity contribution in [2.24, 2.45) is 0 Å². The molecule has 2 rings (SSSR count). The fourth-order valence-electron chi connectivity index (χ4n) is 1.10. The van der Waals surface area contributed by atoms with Crippen LogP contribution in [0.15, 0.2) is 29.9 Å². The number of aryl methyl sites for hydroxylation is 2. The summed E-state index contributed by atoms with van der Waals surface area (Å²) in [5, 5.41) is 5.27. The summed E-state index contributed by atoms with van der Waals surface area (Å²) in [6.45, 7) is 8.11. The number of amides is 1. The Morgan fingerprint density at radius 1 is 1.23 bits per heavy atom. The number of carbonyl (C=O) groups is 1. The van der Waals surface area contributed by atoms with E-state index in [9.17, 15) is 13.2 Å². The molecule has 2 heterocycles. The van der Waals surface area contributed by atoms with Crippen molar-refractivity contribution in [3.05, 3.63) is 41.2 Å². The van der Waals surface area contributed by atoms with Gasteiger partial charge in [-0.2, -0.15) is 0 Å². The van der Waals surface area contributed by atoms with E-state index in [1.165, 1.54) is 23.8 Å². The summed E-state index contributed by atoms with van der Waals surface area (Å²) in [5.74, 6) is 0.0394. The summed E-state index contributed by atoms with van der Waals surface area (Å²) in [6, 6.07) is 3.94. The Kier molecular flexibility index (Phi) is 15.4. The molecule has 9 heteroatoms. The number of hydrogen-bond acceptors (Lipinski definition) is 7. The molecular weight excluding hydrogens is 374 g/mol. The first-order valence-corrected chi connectivity index (χ1v) is 10.9. The van der Waals surface area contributed by atoms with Gasteiger partial charge in [0.05, 0.1) is 12.8 Å². The first kappa shape index (κ1) is 26.2. The molecule has 0 bridgehead atoms. The molecule has 0 saturated carbocycles. The number of thiazole rings is 1. The van der Waals surface area contributed by atoms with E-state index >= 15 is 0 Å². The van der Waals surface area contributed by atoms with Gasteiger partial charge in [-0.05, 0) is 38.5 Å². The number of nitrogens with one attached hydrogen (secondary N) is 1. The zero-order valence-corrected chi connectivity index (χ0v) is 18.1. The summed E-state index contributed by atoms with van der Waals surface area (Å²) in [7, 11) is -1.04. The Labute approximate surface area is 160 Å². The minimum absolute atomic E-state index is 0.0394. The number of methoxy groups -OCH3 is 1. The van der Waals surface area contributed by atoms with Gasteiger partial charge in [-0.15, -0.1) is 0 Å². The number of pyridine rings is 1. The van der Waals surface area contributed by atoms with E-state index in [4.69, 9.17) is 4.74 Å². The lowest BCUT2D eigenvalue weighted by atomic mass is 10.3. The highest BCUT2D eigenvalue weighted by Gasteiger charge is 1.92. The molecule has 0 aliphatic rings. The molecule has 2 aromatic heterocycles. The molecule has 1 amide bonds. The van der Waals surface area contributed by atoms with Crippen molar-refractivity contribution in [1.82, 2.24) is 15.3 Å². The van der Waals surface area contributed by atoms with Crippen LogP contribution in [-0.2, 0) is 14.6 Å². The van der Waals surface area contributed by atoms with Crippen LogP contribution in [0.25, 0.3) is 0 Å². The molecule has 0 aliphatic heterocycles. The van der Waals surface area contributed by atoms with Gasteiger partial charge in [0.25, 0.3) is 5.19 Å². The average molecular weight is 404 g/mol. The Hall–Kier alpha value is -2.00. The second kappa shape index (κ2) is 15.3. The highest BCUT2D eigenvalue weighted by atomic mass is 32.2. The molecule has 7 nitrogen and oxygen atoms in total. The van der Waals surface area contributed by atoms with E-state index in [0.717, 1.165) is 29.9 Å². The molecule has 0 atom stereocenters. The molecule has 0 spiro atoms. The number of sulfone groups is 1. The molecule has 26 heavy (non-hydrogen) atoms. The molecule has 0 saturated heterocycles. The number of carbonyl (C=O) groups excluding carboxylic acids is 1. The molecule has 1 N–H and O–H groups in total. The van der Waals surface area contributed by atoms with Gasteiger partial charge in [-0.1, -0.05) is 11.3 Å². The second-order valence-electron chi connectivity index (χ2n) is 5.21. The van der Waals surface area contributed by atoms with Crippen LogP contribution in [-0.4, -0.2) is 50.5 Å². The van der Waals surface area contributed by atoms with E-state index in [-0.39, 0.29) is 5.91 Å². The van der Waals surface area contributed by atoms with E-state index in [2.05, 4.69) is 15.3 Å². The molecular formula is C17H29N3O4S2. The highest BCUT2D eigenvalue weighted by Crippen LogP contribution is 2.15. The number of nitrogens with zero attached hydrogens (tertiary/aromatic N) is 2. The Morgan fingerprint density at radius 3 is 1.88 bits per heavy atom. The highest BCUT2D eigenvalue weighted by molar-refractivity contribution is 7.89. The van der Waals surface area contributed by atoms with E-state index in [1.807, 2.05) is 38.3 Å². The average Bonchev–Trinajstić information content (AvgIpc) is 2.93. The van der Waals surface area contributed by atoms with E-state index < -0.39 is 9.84 Å². The summed E-state index contributed by atoms with van der Waals surface area (Å²) in [4.78, 5) is 17.8. The monoisotopic (exact) mass is 403 g/mol. The summed E-state index contributed by atoms with van der Waals surface area (Å²) >= 11 is 1.52. The van der Waals surface area contributed by atoms with Crippen molar-refractivity contribution in [3.8, 4) is 5.19 Å². The van der Waals surface area contributed by atoms with E-state index in [1.54, 1.807) is 19.5 Å². The van der Waals surface area contributed by atoms with Crippen molar-refractivity contribution in [1.29, 1.82) is 0 Å². The predicted molar refractivity (Wildman–Crippen MR) is 108 cm³/mol. The van der Waals surface area contributed by atoms with Gasteiger partial charge in [0.15, 0.2) is 0 Å². The van der Waals surface area contributed by atoms with Gasteiger partial charge in [0.2, 0.25) is 5.91 Å². The van der Waals surface area contributed by atoms with Gasteiger partial charge < -0.3 is 10.1 Å². The molecule has 0 aliphatic carbocycles. The fraction of sp³-hybridized carbons (Fsp3) is 0.471. The fourth-order valence-corrected chi connectivity index (χ4v) is 1.72. The maximum atomic E-state index is 9.93. The molecule has 0 aromatic carbocycles. The maximum Gasteiger partial charge on any atom is 0.273 e. The first-order chi connectivity index (χ1) is 12.0. The summed E-state index contributed by atoms with van der Waals surface area (Å²) < 4.78 is 24.1. The second-order valence-corrected chi connectivity index (χ2v) is 8.32. The molecule has 0 fully saturated rings. The van der Waals surface area contributed by atoms with Crippen molar-refractivity contribution < 1.29 is 17.9 Å². The van der Waals surface area contributed by atoms with Crippen LogP contribution in [0.3, 0.4) is 0 Å². The smallest absolute Gasteiger partial charge is 0.273 e. The van der Waals surface area contributed by atoms with Crippen LogP contribution >= 0.6 is 11.3 Å². The molecule has 0 unspecified atom stereocenters. The SMILES string of the molecule is CCNC(C)=O.COc1nc(C)cs1.CS(C)(=O)=O.Cc1ccncc1. The van der Waals surface area contributed by atoms with Crippen LogP contribution in [0.5, 0.6) is 5.19 Å². The van der Waals surface area contributed by atoms with Crippen molar-refractivity contribution >= 4 is 27.1 Å². The molecule has 148 valence electrons. The third kappa shape index (κ3) is 24.3. The van der Waals surface area contributed by atoms with Gasteiger partial charge in [-0.3, -0.25) is 9.78 Å². The van der Waals surface area contributed by atoms with Crippen LogP contribution in [0.4, 0.5) is 0 Å². The van der Waals surface area contributed by atoms with Crippen LogP contribution in [0.1, 0.15) is 25.1 Å². The number of hydrogen-bond donors (Lipinski definition) is 1. The lowest BCUT2D eigenvalue weighted by molar-refractivity contribution is -0.118. The van der Waals surface area contributed by atoms with Gasteiger partial charge >= 0.3 is 0 Å². The molecule has 2 aromatic rings. The Morgan fingerprint density at radius 2 is 1.73 bits per heavy atom. The lowest BCUT2D eigenvalue weighted by Crippen LogP contribution is -2.18. The van der Waals surface area contributed by atoms with Crippen molar-refractivity contribution in [2.45, 2.75) is 27.7 Å². The van der Waals surface area contributed by atoms with Crippen LogP contribution in [0, 0.1) is 13.8 Å². The van der Waals surface area contributed by atoms with Crippen LogP contribution < -0.4 is 10.1 Å². The number of rotatable bonds is 2. The minimum Gasteiger partial charge on any atom is -0.473 e. The van der Waals surface area contributed by atoms with Crippen molar-refractivity contribution in [3.63, 3.8) is 0 Å². The zero-order chi connectivity index (χ0) is 20.6. The quantitative estimate of drug-likeness (QED) is 0.828. The van der Waals surface area contributed by atoms with Gasteiger partial charge in [0, 0.05) is 43.8 Å². The lowest BCUT2D eigenvalue weighted by Gasteiger charge is -1.88. The van der Waals surface area contributed by atoms with Gasteiger partial charge in [-0.25, -0.2) is 13.4 Å². The predicted octanol–water partition coefficient (Wildman–Crippen LogP) is 2.65. The van der Waals surface area contributed by atoms with E-state index in [0.29, 0.717) is 0 Å². The first-order valence-electron chi connectivity index (χ1n) is 7.71. The van der Waals surface area contributed by atoms with Crippen LogP contribution in [0.2, 0.25) is 0 Å². The third-order valence-corrected chi connectivity index (χ3v) is 2.96. The summed E-state index contributed by atoms with van der Waals surface area (Å²) in [6.07, 6.45) is 5.89. The largest absolute Gasteiger partial charge is 0.473 e. The molecule has 0 radical (unpaired) electrons. The third-order valence-electron chi connectivity index (χ3n) is 2.05. The minimum atomic E-state index is -2.67. The Balaban J connectivity index is 0. The van der Waals surface area contributed by atoms with Crippen molar-refractivity contribution in [2.75, 3.05) is 26.2 Å². The number of ether oxygens (including phenoxy) is 1. The Bertz CT molecular complexity index is 694. The standard InChI is InChI=1S/C6H7N.C5H7NOS.C4H9NO.C2H6O2S/c1-6-2-4-7-5-3-6;1-4-3-8-5(6-4)7-2;1-3-5-4(2)6;1-5(2,3)4/h2-5H,1H3;3H,1-2H3;3H2,1-2H3,(H,5,6);1-2H3. The topological polar surface area (TPSA) is 98.2 Å². The zero-order valence-electron chi connectivity index (χ0n) is 16.4.